The van der Waals surface area contributed by atoms with Crippen molar-refractivity contribution in [3.8, 4) is 11.5 Å². The minimum atomic E-state index is 0.712. The molecule has 0 unspecified atom stereocenters. The Balaban J connectivity index is 2.80. The second-order valence-corrected chi connectivity index (χ2v) is 4.98. The van der Waals surface area contributed by atoms with Gasteiger partial charge in [0.1, 0.15) is 0 Å². The number of aromatic nitrogens is 2. The van der Waals surface area contributed by atoms with Gasteiger partial charge in [-0.2, -0.15) is 0 Å². The Bertz CT molecular complexity index is 599. The SMILES string of the molecule is CCc1nc2cc(OC)c(OC)cc2c(I)[n+]1C. The summed E-state index contributed by atoms with van der Waals surface area (Å²) >= 11 is 2.33. The largest absolute Gasteiger partial charge is 0.493 e. The second-order valence-electron chi connectivity index (χ2n) is 3.96. The lowest BCUT2D eigenvalue weighted by Crippen LogP contribution is -2.38. The van der Waals surface area contributed by atoms with Crippen LogP contribution in [0.3, 0.4) is 0 Å². The van der Waals surface area contributed by atoms with E-state index in [1.165, 1.54) is 0 Å². The summed E-state index contributed by atoms with van der Waals surface area (Å²) in [5.74, 6) is 2.50. The lowest BCUT2D eigenvalue weighted by molar-refractivity contribution is -0.693. The molecule has 1 aromatic carbocycles. The molecular weight excluding hydrogens is 343 g/mol. The van der Waals surface area contributed by atoms with Crippen LogP contribution in [-0.2, 0) is 13.5 Å². The van der Waals surface area contributed by atoms with Crippen LogP contribution >= 0.6 is 22.6 Å². The van der Waals surface area contributed by atoms with E-state index in [9.17, 15) is 0 Å². The average molecular weight is 359 g/mol. The van der Waals surface area contributed by atoms with Crippen molar-refractivity contribution >= 4 is 33.5 Å². The maximum absolute atomic E-state index is 5.33. The van der Waals surface area contributed by atoms with Crippen LogP contribution in [0, 0.1) is 3.70 Å². The van der Waals surface area contributed by atoms with Crippen molar-refractivity contribution in [1.29, 1.82) is 0 Å². The number of methoxy groups -OCH3 is 2. The first-order valence-electron chi connectivity index (χ1n) is 5.72. The Morgan fingerprint density at radius 3 is 2.39 bits per heavy atom. The molecule has 2 rings (SSSR count). The Morgan fingerprint density at radius 1 is 1.22 bits per heavy atom. The monoisotopic (exact) mass is 359 g/mol. The molecule has 0 N–H and O–H groups in total. The highest BCUT2D eigenvalue weighted by atomic mass is 127. The van der Waals surface area contributed by atoms with Crippen LogP contribution in [-0.4, -0.2) is 19.2 Å². The van der Waals surface area contributed by atoms with Gasteiger partial charge in [0.15, 0.2) is 20.7 Å². The summed E-state index contributed by atoms with van der Waals surface area (Å²) in [6, 6.07) is 3.90. The summed E-state index contributed by atoms with van der Waals surface area (Å²) in [5, 5.41) is 1.08. The maximum atomic E-state index is 5.33. The van der Waals surface area contributed by atoms with Gasteiger partial charge in [-0.05, 0) is 4.98 Å². The lowest BCUT2D eigenvalue weighted by atomic mass is 10.2. The van der Waals surface area contributed by atoms with E-state index in [-0.39, 0.29) is 0 Å². The predicted molar refractivity (Wildman–Crippen MR) is 78.1 cm³/mol. The number of ether oxygens (including phenoxy) is 2. The summed E-state index contributed by atoms with van der Waals surface area (Å²) in [6.07, 6.45) is 0.900. The zero-order chi connectivity index (χ0) is 13.3. The van der Waals surface area contributed by atoms with Crippen molar-refractivity contribution in [3.05, 3.63) is 21.7 Å². The van der Waals surface area contributed by atoms with Gasteiger partial charge in [0.25, 0.3) is 5.82 Å². The molecule has 18 heavy (non-hydrogen) atoms. The number of hydrogen-bond donors (Lipinski definition) is 0. The Hall–Kier alpha value is -1.11. The van der Waals surface area contributed by atoms with E-state index in [0.717, 1.165) is 32.6 Å². The summed E-state index contributed by atoms with van der Waals surface area (Å²) in [4.78, 5) is 4.66. The summed E-state index contributed by atoms with van der Waals surface area (Å²) in [6.45, 7) is 2.10. The summed E-state index contributed by atoms with van der Waals surface area (Å²) < 4.78 is 13.9. The maximum Gasteiger partial charge on any atom is 0.299 e. The van der Waals surface area contributed by atoms with Gasteiger partial charge < -0.3 is 9.47 Å². The zero-order valence-electron chi connectivity index (χ0n) is 11.0. The standard InChI is InChI=1S/C13H16IN2O2/c1-5-12-15-9-7-11(18-4)10(17-3)6-8(9)13(14)16(12)2/h6-7H,5H2,1-4H3/q+1. The zero-order valence-corrected chi connectivity index (χ0v) is 13.1. The molecule has 0 spiro atoms. The number of nitrogens with zero attached hydrogens (tertiary/aromatic N) is 2. The number of hydrogen-bond acceptors (Lipinski definition) is 3. The molecule has 0 atom stereocenters. The van der Waals surface area contributed by atoms with Gasteiger partial charge in [-0.1, -0.05) is 6.92 Å². The van der Waals surface area contributed by atoms with Gasteiger partial charge >= 0.3 is 0 Å². The molecular formula is C13H16IN2O2+. The molecule has 1 aromatic heterocycles. The van der Waals surface area contributed by atoms with E-state index in [1.54, 1.807) is 14.2 Å². The normalized spacial score (nSPS) is 10.7. The van der Waals surface area contributed by atoms with Gasteiger partial charge in [0.2, 0.25) is 0 Å². The van der Waals surface area contributed by atoms with Crippen molar-refractivity contribution in [3.63, 3.8) is 0 Å². The topological polar surface area (TPSA) is 35.2 Å². The minimum absolute atomic E-state index is 0.712. The fourth-order valence-electron chi connectivity index (χ4n) is 1.95. The fourth-order valence-corrected chi connectivity index (χ4v) is 2.66. The molecule has 96 valence electrons. The van der Waals surface area contributed by atoms with Gasteiger partial charge in [-0.3, -0.25) is 0 Å². The quantitative estimate of drug-likeness (QED) is 0.479. The molecule has 0 aliphatic rings. The number of aryl methyl sites for hydroxylation is 1. The van der Waals surface area contributed by atoms with E-state index < -0.39 is 0 Å². The van der Waals surface area contributed by atoms with Crippen molar-refractivity contribution < 1.29 is 14.0 Å². The number of benzene rings is 1. The van der Waals surface area contributed by atoms with E-state index >= 15 is 0 Å². The van der Waals surface area contributed by atoms with Crippen LogP contribution in [0.25, 0.3) is 10.9 Å². The number of halogens is 1. The third kappa shape index (κ3) is 2.11. The van der Waals surface area contributed by atoms with Gasteiger partial charge in [0, 0.05) is 34.7 Å². The highest BCUT2D eigenvalue weighted by Crippen LogP contribution is 2.32. The average Bonchev–Trinajstić information content (AvgIpc) is 2.41. The molecule has 1 heterocycles. The van der Waals surface area contributed by atoms with Gasteiger partial charge in [-0.25, -0.2) is 4.57 Å². The van der Waals surface area contributed by atoms with E-state index in [1.807, 2.05) is 19.2 Å². The van der Waals surface area contributed by atoms with Crippen molar-refractivity contribution in [1.82, 2.24) is 4.98 Å². The Labute approximate surface area is 120 Å². The molecule has 0 aliphatic carbocycles. The Kier molecular flexibility index (Phi) is 3.89. The van der Waals surface area contributed by atoms with Crippen LogP contribution in [0.15, 0.2) is 12.1 Å². The van der Waals surface area contributed by atoms with Crippen LogP contribution in [0.4, 0.5) is 0 Å². The molecule has 0 amide bonds. The molecule has 0 aliphatic heterocycles. The third-order valence-electron chi connectivity index (χ3n) is 2.97. The minimum Gasteiger partial charge on any atom is -0.493 e. The highest BCUT2D eigenvalue weighted by Gasteiger charge is 2.19. The first-order valence-corrected chi connectivity index (χ1v) is 6.80. The fraction of sp³-hybridized carbons (Fsp3) is 0.385. The van der Waals surface area contributed by atoms with Crippen LogP contribution in [0.1, 0.15) is 12.7 Å². The van der Waals surface area contributed by atoms with E-state index in [2.05, 4.69) is 39.1 Å². The summed E-state index contributed by atoms with van der Waals surface area (Å²) in [5.41, 5.74) is 0.937. The van der Waals surface area contributed by atoms with Gasteiger partial charge in [-0.15, -0.1) is 0 Å². The van der Waals surface area contributed by atoms with Crippen LogP contribution in [0.5, 0.6) is 11.5 Å². The van der Waals surface area contributed by atoms with E-state index in [4.69, 9.17) is 9.47 Å². The molecule has 5 heteroatoms. The van der Waals surface area contributed by atoms with Gasteiger partial charge in [0.05, 0.1) is 33.1 Å². The summed E-state index contributed by atoms with van der Waals surface area (Å²) in [7, 11) is 5.31. The first kappa shape index (κ1) is 13.3. The molecule has 0 radical (unpaired) electrons. The third-order valence-corrected chi connectivity index (χ3v) is 4.28. The van der Waals surface area contributed by atoms with Crippen molar-refractivity contribution in [2.75, 3.05) is 14.2 Å². The predicted octanol–water partition coefficient (Wildman–Crippen LogP) is 2.24. The first-order chi connectivity index (χ1) is 8.62. The number of rotatable bonds is 3. The molecule has 0 fully saturated rings. The molecule has 0 saturated carbocycles. The lowest BCUT2D eigenvalue weighted by Gasteiger charge is -2.09. The van der Waals surface area contributed by atoms with Crippen molar-refractivity contribution in [2.24, 2.45) is 7.05 Å². The van der Waals surface area contributed by atoms with Crippen molar-refractivity contribution in [2.45, 2.75) is 13.3 Å². The second kappa shape index (κ2) is 5.26. The molecule has 2 aromatic rings. The molecule has 4 nitrogen and oxygen atoms in total. The van der Waals surface area contributed by atoms with E-state index in [0.29, 0.717) is 5.75 Å². The Morgan fingerprint density at radius 2 is 1.83 bits per heavy atom. The molecule has 0 bridgehead atoms. The smallest absolute Gasteiger partial charge is 0.299 e. The molecule has 0 saturated heterocycles. The van der Waals surface area contributed by atoms with Crippen LogP contribution < -0.4 is 14.0 Å². The number of fused-ring (bicyclic) bond motifs is 1. The highest BCUT2D eigenvalue weighted by molar-refractivity contribution is 14.1. The van der Waals surface area contributed by atoms with Crippen LogP contribution in [0.2, 0.25) is 0 Å².